The molecule has 5 heteroatoms. The van der Waals surface area contributed by atoms with E-state index >= 15 is 0 Å². The van der Waals surface area contributed by atoms with E-state index in [0.717, 1.165) is 11.3 Å². The number of hydrogen-bond donors (Lipinski definition) is 0. The van der Waals surface area contributed by atoms with Gasteiger partial charge in [-0.1, -0.05) is 60.7 Å². The molecule has 0 saturated carbocycles. The highest BCUT2D eigenvalue weighted by Crippen LogP contribution is 2.27. The van der Waals surface area contributed by atoms with Gasteiger partial charge in [0.1, 0.15) is 11.5 Å². The van der Waals surface area contributed by atoms with Crippen molar-refractivity contribution in [2.45, 2.75) is 0 Å². The van der Waals surface area contributed by atoms with Crippen molar-refractivity contribution in [3.8, 4) is 16.9 Å². The van der Waals surface area contributed by atoms with Crippen LogP contribution in [0, 0.1) is 5.82 Å². The molecule has 0 fully saturated rings. The van der Waals surface area contributed by atoms with Crippen molar-refractivity contribution in [2.75, 3.05) is 11.9 Å². The molecule has 4 rings (SSSR count). The molecule has 0 bridgehead atoms. The molecule has 0 aliphatic carbocycles. The quantitative estimate of drug-likeness (QED) is 0.509. The first-order chi connectivity index (χ1) is 13.6. The minimum absolute atomic E-state index is 0.221. The Morgan fingerprint density at radius 2 is 1.50 bits per heavy atom. The second-order valence-corrected chi connectivity index (χ2v) is 6.35. The first-order valence-corrected chi connectivity index (χ1v) is 8.88. The van der Waals surface area contributed by atoms with Gasteiger partial charge in [-0.2, -0.15) is 5.10 Å². The summed E-state index contributed by atoms with van der Waals surface area (Å²) in [4.78, 5) is 14.6. The van der Waals surface area contributed by atoms with Crippen molar-refractivity contribution in [1.29, 1.82) is 0 Å². The van der Waals surface area contributed by atoms with Gasteiger partial charge in [-0.05, 0) is 24.3 Å². The first kappa shape index (κ1) is 17.7. The van der Waals surface area contributed by atoms with Crippen LogP contribution in [0.25, 0.3) is 16.9 Å². The average Bonchev–Trinajstić information content (AvgIpc) is 3.20. The Balaban J connectivity index is 1.82. The highest BCUT2D eigenvalue weighted by atomic mass is 19.1. The zero-order valence-corrected chi connectivity index (χ0v) is 15.3. The normalized spacial score (nSPS) is 10.6. The van der Waals surface area contributed by atoms with Crippen LogP contribution in [0.5, 0.6) is 0 Å². The molecule has 0 aliphatic heterocycles. The van der Waals surface area contributed by atoms with Gasteiger partial charge in [0, 0.05) is 18.8 Å². The van der Waals surface area contributed by atoms with Crippen molar-refractivity contribution in [3.05, 3.63) is 103 Å². The number of carbonyl (C=O) groups excluding carboxylic acids is 1. The highest BCUT2D eigenvalue weighted by Gasteiger charge is 2.23. The molecule has 0 N–H and O–H groups in total. The summed E-state index contributed by atoms with van der Waals surface area (Å²) in [6.45, 7) is 0. The molecule has 0 unspecified atom stereocenters. The number of aromatic nitrogens is 2. The fourth-order valence-electron chi connectivity index (χ4n) is 3.07. The van der Waals surface area contributed by atoms with Crippen molar-refractivity contribution in [1.82, 2.24) is 9.78 Å². The number of carbonyl (C=O) groups is 1. The van der Waals surface area contributed by atoms with Crippen LogP contribution in [0.1, 0.15) is 10.4 Å². The minimum atomic E-state index is -0.449. The number of nitrogens with zero attached hydrogens (tertiary/aromatic N) is 3. The Morgan fingerprint density at radius 1 is 0.893 bits per heavy atom. The van der Waals surface area contributed by atoms with E-state index in [1.54, 1.807) is 36.1 Å². The molecular formula is C23H18FN3O. The molecule has 138 valence electrons. The van der Waals surface area contributed by atoms with Gasteiger partial charge in [-0.15, -0.1) is 0 Å². The number of hydrogen-bond acceptors (Lipinski definition) is 2. The van der Waals surface area contributed by atoms with Crippen LogP contribution in [0.3, 0.4) is 0 Å². The van der Waals surface area contributed by atoms with Crippen molar-refractivity contribution in [3.63, 3.8) is 0 Å². The van der Waals surface area contributed by atoms with Crippen LogP contribution >= 0.6 is 0 Å². The smallest absolute Gasteiger partial charge is 0.261 e. The van der Waals surface area contributed by atoms with Gasteiger partial charge in [-0.25, -0.2) is 9.07 Å². The van der Waals surface area contributed by atoms with Crippen LogP contribution in [-0.4, -0.2) is 22.7 Å². The van der Waals surface area contributed by atoms with Crippen LogP contribution in [0.15, 0.2) is 91.1 Å². The number of benzene rings is 3. The Labute approximate surface area is 162 Å². The molecule has 0 spiro atoms. The predicted octanol–water partition coefficient (Wildman–Crippen LogP) is 4.96. The Hall–Kier alpha value is -3.73. The lowest BCUT2D eigenvalue weighted by Gasteiger charge is -2.17. The average molecular weight is 371 g/mol. The van der Waals surface area contributed by atoms with Crippen LogP contribution in [-0.2, 0) is 0 Å². The minimum Gasteiger partial charge on any atom is -0.309 e. The molecule has 1 heterocycles. The molecule has 4 nitrogen and oxygen atoms in total. The number of anilines is 1. The number of para-hydroxylation sites is 2. The third-order valence-corrected chi connectivity index (χ3v) is 4.53. The monoisotopic (exact) mass is 371 g/mol. The topological polar surface area (TPSA) is 38.1 Å². The summed E-state index contributed by atoms with van der Waals surface area (Å²) in [5, 5.41) is 4.65. The maximum atomic E-state index is 14.2. The Kier molecular flexibility index (Phi) is 4.72. The summed E-state index contributed by atoms with van der Waals surface area (Å²) in [7, 11) is 1.56. The summed E-state index contributed by atoms with van der Waals surface area (Å²) in [6, 6.07) is 25.3. The lowest BCUT2D eigenvalue weighted by molar-refractivity contribution is 0.0993. The highest BCUT2D eigenvalue weighted by molar-refractivity contribution is 6.09. The second-order valence-electron chi connectivity index (χ2n) is 6.35. The third kappa shape index (κ3) is 3.30. The lowest BCUT2D eigenvalue weighted by atomic mass is 10.1. The molecule has 0 aliphatic rings. The summed E-state index contributed by atoms with van der Waals surface area (Å²) >= 11 is 0. The van der Waals surface area contributed by atoms with Crippen LogP contribution < -0.4 is 4.90 Å². The lowest BCUT2D eigenvalue weighted by Crippen LogP contribution is -2.27. The fourth-order valence-corrected chi connectivity index (χ4v) is 3.07. The molecule has 0 saturated heterocycles. The van der Waals surface area contributed by atoms with Crippen LogP contribution in [0.4, 0.5) is 10.1 Å². The zero-order chi connectivity index (χ0) is 19.5. The SMILES string of the molecule is CN(C(=O)c1cn(-c2ccccc2)nc1-c1ccccc1)c1ccccc1F. The molecule has 1 aromatic heterocycles. The van der Waals surface area contributed by atoms with Crippen LogP contribution in [0.2, 0.25) is 0 Å². The van der Waals surface area contributed by atoms with E-state index in [-0.39, 0.29) is 11.6 Å². The third-order valence-electron chi connectivity index (χ3n) is 4.53. The predicted molar refractivity (Wildman–Crippen MR) is 108 cm³/mol. The van der Waals surface area contributed by atoms with Gasteiger partial charge in [0.15, 0.2) is 0 Å². The standard InChI is InChI=1S/C23H18FN3O/c1-26(21-15-9-8-14-20(21)24)23(28)19-16-27(18-12-6-3-7-13-18)25-22(19)17-10-4-2-5-11-17/h2-16H,1H3. The van der Waals surface area contributed by atoms with Crippen molar-refractivity contribution < 1.29 is 9.18 Å². The number of halogens is 1. The summed E-state index contributed by atoms with van der Waals surface area (Å²) in [5.74, 6) is -0.777. The molecule has 0 atom stereocenters. The molecule has 1 amide bonds. The summed E-state index contributed by atoms with van der Waals surface area (Å²) in [6.07, 6.45) is 1.69. The number of rotatable bonds is 4. The summed E-state index contributed by atoms with van der Waals surface area (Å²) < 4.78 is 15.9. The van der Waals surface area contributed by atoms with E-state index in [4.69, 9.17) is 0 Å². The maximum absolute atomic E-state index is 14.2. The second kappa shape index (κ2) is 7.48. The summed E-state index contributed by atoms with van der Waals surface area (Å²) in [5.41, 5.74) is 2.84. The van der Waals surface area contributed by atoms with E-state index < -0.39 is 5.82 Å². The maximum Gasteiger partial charge on any atom is 0.261 e. The molecule has 0 radical (unpaired) electrons. The molecule has 28 heavy (non-hydrogen) atoms. The van der Waals surface area contributed by atoms with E-state index in [0.29, 0.717) is 11.3 Å². The molecular weight excluding hydrogens is 353 g/mol. The molecule has 3 aromatic carbocycles. The Bertz CT molecular complexity index is 1110. The van der Waals surface area contributed by atoms with Gasteiger partial charge >= 0.3 is 0 Å². The van der Waals surface area contributed by atoms with Gasteiger partial charge in [0.05, 0.1) is 16.9 Å². The fraction of sp³-hybridized carbons (Fsp3) is 0.0435. The first-order valence-electron chi connectivity index (χ1n) is 8.88. The van der Waals surface area contributed by atoms with Crippen molar-refractivity contribution >= 4 is 11.6 Å². The van der Waals surface area contributed by atoms with Gasteiger partial charge in [-0.3, -0.25) is 4.79 Å². The van der Waals surface area contributed by atoms with E-state index in [1.165, 1.54) is 11.0 Å². The zero-order valence-electron chi connectivity index (χ0n) is 15.3. The van der Waals surface area contributed by atoms with E-state index in [1.807, 2.05) is 60.7 Å². The van der Waals surface area contributed by atoms with Crippen molar-refractivity contribution in [2.24, 2.45) is 0 Å². The molecule has 4 aromatic rings. The van der Waals surface area contributed by atoms with Gasteiger partial charge in [0.2, 0.25) is 0 Å². The van der Waals surface area contributed by atoms with Gasteiger partial charge < -0.3 is 4.90 Å². The van der Waals surface area contributed by atoms with E-state index in [9.17, 15) is 9.18 Å². The largest absolute Gasteiger partial charge is 0.309 e. The van der Waals surface area contributed by atoms with E-state index in [2.05, 4.69) is 5.10 Å². The van der Waals surface area contributed by atoms with Gasteiger partial charge in [0.25, 0.3) is 5.91 Å². The Morgan fingerprint density at radius 3 is 2.18 bits per heavy atom. The number of amides is 1.